The fourth-order valence-electron chi connectivity index (χ4n) is 0.182. The van der Waals surface area contributed by atoms with Gasteiger partial charge in [0.05, 0.1) is 0 Å². The Morgan fingerprint density at radius 3 is 1.36 bits per heavy atom. The molecule has 0 atom stereocenters. The van der Waals surface area contributed by atoms with Crippen molar-refractivity contribution in [1.29, 1.82) is 0 Å². The first-order chi connectivity index (χ1) is 6.47. The van der Waals surface area contributed by atoms with Gasteiger partial charge in [0.2, 0.25) is 5.24 Å². The lowest BCUT2D eigenvalue weighted by atomic mass is 10.6. The molecule has 0 spiro atoms. The summed E-state index contributed by atoms with van der Waals surface area (Å²) in [5, 5.41) is -0.509. The van der Waals surface area contributed by atoms with E-state index in [0.717, 1.165) is 18.2 Å². The SMILES string of the molecule is C=CC(=O)Cl.C=CC(=O)OC(=O)C=C. The summed E-state index contributed by atoms with van der Waals surface area (Å²) < 4.78 is 4.03. The number of hydrogen-bond acceptors (Lipinski definition) is 4. The zero-order valence-corrected chi connectivity index (χ0v) is 8.12. The second-order valence-electron chi connectivity index (χ2n) is 1.66. The third kappa shape index (κ3) is 12.9. The summed E-state index contributed by atoms with van der Waals surface area (Å²) in [6, 6.07) is 0. The Kier molecular flexibility index (Phi) is 9.96. The van der Waals surface area contributed by atoms with Crippen LogP contribution in [0.15, 0.2) is 38.0 Å². The molecule has 0 N–H and O–H groups in total. The molecule has 0 aliphatic heterocycles. The van der Waals surface area contributed by atoms with Gasteiger partial charge in [0.1, 0.15) is 0 Å². The molecule has 0 aromatic carbocycles. The first kappa shape index (κ1) is 14.8. The van der Waals surface area contributed by atoms with Gasteiger partial charge in [0.25, 0.3) is 0 Å². The normalized spacial score (nSPS) is 7.21. The van der Waals surface area contributed by atoms with Crippen molar-refractivity contribution in [1.82, 2.24) is 0 Å². The zero-order valence-electron chi connectivity index (χ0n) is 7.36. The van der Waals surface area contributed by atoms with Gasteiger partial charge in [0.15, 0.2) is 0 Å². The number of esters is 2. The first-order valence-electron chi connectivity index (χ1n) is 3.30. The molecule has 0 fully saturated rings. The summed E-state index contributed by atoms with van der Waals surface area (Å²) in [5.74, 6) is -1.53. The summed E-state index contributed by atoms with van der Waals surface area (Å²) >= 11 is 4.71. The van der Waals surface area contributed by atoms with E-state index >= 15 is 0 Å². The van der Waals surface area contributed by atoms with Crippen molar-refractivity contribution in [2.24, 2.45) is 0 Å². The lowest BCUT2D eigenvalue weighted by Crippen LogP contribution is -2.05. The molecule has 0 unspecified atom stereocenters. The van der Waals surface area contributed by atoms with Crippen molar-refractivity contribution in [3.05, 3.63) is 38.0 Å². The molecular formula is C9H9ClO4. The Labute approximate surface area is 86.5 Å². The van der Waals surface area contributed by atoms with Gasteiger partial charge in [-0.2, -0.15) is 0 Å². The second-order valence-corrected chi connectivity index (χ2v) is 2.03. The third-order valence-electron chi connectivity index (χ3n) is 0.695. The summed E-state index contributed by atoms with van der Waals surface area (Å²) in [6.45, 7) is 9.25. The van der Waals surface area contributed by atoms with Crippen molar-refractivity contribution in [2.75, 3.05) is 0 Å². The molecule has 0 saturated carbocycles. The van der Waals surface area contributed by atoms with Crippen LogP contribution in [0, 0.1) is 0 Å². The van der Waals surface area contributed by atoms with Gasteiger partial charge in [-0.25, -0.2) is 9.59 Å². The number of ether oxygens (including phenoxy) is 1. The monoisotopic (exact) mass is 216 g/mol. The molecule has 0 rings (SSSR count). The van der Waals surface area contributed by atoms with Crippen LogP contribution >= 0.6 is 11.6 Å². The van der Waals surface area contributed by atoms with Gasteiger partial charge < -0.3 is 4.74 Å². The quantitative estimate of drug-likeness (QED) is 0.309. The molecule has 0 aliphatic rings. The van der Waals surface area contributed by atoms with Crippen LogP contribution in [0.2, 0.25) is 0 Å². The van der Waals surface area contributed by atoms with Crippen LogP contribution in [0.1, 0.15) is 0 Å². The van der Waals surface area contributed by atoms with Crippen molar-refractivity contribution in [3.63, 3.8) is 0 Å². The number of carbonyl (C=O) groups excluding carboxylic acids is 3. The first-order valence-corrected chi connectivity index (χ1v) is 3.68. The molecule has 5 heteroatoms. The highest BCUT2D eigenvalue weighted by Gasteiger charge is 1.99. The van der Waals surface area contributed by atoms with E-state index < -0.39 is 17.2 Å². The van der Waals surface area contributed by atoms with E-state index in [-0.39, 0.29) is 0 Å². The highest BCUT2D eigenvalue weighted by atomic mass is 35.5. The van der Waals surface area contributed by atoms with Crippen molar-refractivity contribution in [2.45, 2.75) is 0 Å². The van der Waals surface area contributed by atoms with Crippen molar-refractivity contribution in [3.8, 4) is 0 Å². The smallest absolute Gasteiger partial charge is 0.338 e. The lowest BCUT2D eigenvalue weighted by Gasteiger charge is -1.90. The fraction of sp³-hybridized carbons (Fsp3) is 0. The van der Waals surface area contributed by atoms with E-state index in [1.54, 1.807) is 0 Å². The van der Waals surface area contributed by atoms with Gasteiger partial charge in [0, 0.05) is 12.2 Å². The van der Waals surface area contributed by atoms with E-state index in [4.69, 9.17) is 11.6 Å². The van der Waals surface area contributed by atoms with Crippen LogP contribution in [-0.2, 0) is 19.1 Å². The van der Waals surface area contributed by atoms with Crippen molar-refractivity contribution >= 4 is 28.8 Å². The Balaban J connectivity index is 0. The number of halogens is 1. The standard InChI is InChI=1S/C6H6O3.C3H3ClO/c1-3-5(7)9-6(8)4-2;1-2-3(4)5/h3-4H,1-2H2;2H,1H2. The van der Waals surface area contributed by atoms with Gasteiger partial charge in [-0.1, -0.05) is 19.7 Å². The van der Waals surface area contributed by atoms with Crippen LogP contribution in [0.3, 0.4) is 0 Å². The molecule has 0 amide bonds. The van der Waals surface area contributed by atoms with E-state index in [1.165, 1.54) is 0 Å². The average molecular weight is 217 g/mol. The molecule has 0 bridgehead atoms. The molecule has 0 radical (unpaired) electrons. The summed E-state index contributed by atoms with van der Waals surface area (Å²) in [6.07, 6.45) is 2.85. The van der Waals surface area contributed by atoms with E-state index in [2.05, 4.69) is 24.5 Å². The minimum atomic E-state index is -0.764. The van der Waals surface area contributed by atoms with Gasteiger partial charge in [-0.15, -0.1) is 0 Å². The lowest BCUT2D eigenvalue weighted by molar-refractivity contribution is -0.152. The van der Waals surface area contributed by atoms with Crippen LogP contribution in [0.4, 0.5) is 0 Å². The number of carbonyl (C=O) groups is 3. The largest absolute Gasteiger partial charge is 0.387 e. The topological polar surface area (TPSA) is 60.4 Å². The molecule has 76 valence electrons. The molecule has 0 saturated heterocycles. The minimum absolute atomic E-state index is 0.509. The summed E-state index contributed by atoms with van der Waals surface area (Å²) in [7, 11) is 0. The summed E-state index contributed by atoms with van der Waals surface area (Å²) in [4.78, 5) is 29.8. The summed E-state index contributed by atoms with van der Waals surface area (Å²) in [5.41, 5.74) is 0. The Hall–Kier alpha value is -1.68. The van der Waals surface area contributed by atoms with Crippen LogP contribution < -0.4 is 0 Å². The van der Waals surface area contributed by atoms with Gasteiger partial charge in [-0.3, -0.25) is 4.79 Å². The molecule has 4 nitrogen and oxygen atoms in total. The predicted molar refractivity (Wildman–Crippen MR) is 52.6 cm³/mol. The Morgan fingerprint density at radius 2 is 1.21 bits per heavy atom. The minimum Gasteiger partial charge on any atom is -0.387 e. The van der Waals surface area contributed by atoms with Crippen LogP contribution in [-0.4, -0.2) is 17.2 Å². The Morgan fingerprint density at radius 1 is 0.929 bits per heavy atom. The van der Waals surface area contributed by atoms with E-state index in [9.17, 15) is 14.4 Å². The average Bonchev–Trinajstić information content (AvgIpc) is 2.18. The molecule has 0 heterocycles. The maximum Gasteiger partial charge on any atom is 0.338 e. The maximum absolute atomic E-state index is 10.2. The molecular weight excluding hydrogens is 208 g/mol. The number of rotatable bonds is 3. The van der Waals surface area contributed by atoms with Crippen LogP contribution in [0.5, 0.6) is 0 Å². The highest BCUT2D eigenvalue weighted by Crippen LogP contribution is 1.80. The van der Waals surface area contributed by atoms with Gasteiger partial charge >= 0.3 is 11.9 Å². The zero-order chi connectivity index (χ0) is 11.6. The van der Waals surface area contributed by atoms with E-state index in [0.29, 0.717) is 0 Å². The Bertz CT molecular complexity index is 250. The third-order valence-corrected chi connectivity index (χ3v) is 0.849. The van der Waals surface area contributed by atoms with E-state index in [1.807, 2.05) is 0 Å². The van der Waals surface area contributed by atoms with Crippen LogP contribution in [0.25, 0.3) is 0 Å². The predicted octanol–water partition coefficient (Wildman–Crippen LogP) is 1.37. The number of hydrogen-bond donors (Lipinski definition) is 0. The molecule has 0 aliphatic carbocycles. The highest BCUT2D eigenvalue weighted by molar-refractivity contribution is 6.66. The number of allylic oxidation sites excluding steroid dienone is 1. The second kappa shape index (κ2) is 9.41. The maximum atomic E-state index is 10.2. The molecule has 0 aromatic heterocycles. The molecule has 14 heavy (non-hydrogen) atoms. The fourth-order valence-corrected chi connectivity index (χ4v) is 0.182. The van der Waals surface area contributed by atoms with Gasteiger partial charge in [-0.05, 0) is 17.7 Å². The van der Waals surface area contributed by atoms with Crippen molar-refractivity contribution < 1.29 is 19.1 Å². The molecule has 0 aromatic rings.